The van der Waals surface area contributed by atoms with Gasteiger partial charge in [-0.2, -0.15) is 4.98 Å². The van der Waals surface area contributed by atoms with Crippen LogP contribution in [0.3, 0.4) is 0 Å². The summed E-state index contributed by atoms with van der Waals surface area (Å²) in [5, 5.41) is 3.99. The molecule has 1 fully saturated rings. The van der Waals surface area contributed by atoms with E-state index in [4.69, 9.17) is 20.5 Å². The first kappa shape index (κ1) is 33.7. The van der Waals surface area contributed by atoms with Gasteiger partial charge in [-0.25, -0.2) is 14.6 Å². The Kier molecular flexibility index (Phi) is 9.93. The second-order valence-corrected chi connectivity index (χ2v) is 15.2. The van der Waals surface area contributed by atoms with Gasteiger partial charge >= 0.3 is 6.87 Å². The van der Waals surface area contributed by atoms with E-state index in [0.717, 1.165) is 16.7 Å². The molecule has 3 aromatic carbocycles. The highest BCUT2D eigenvalue weighted by Gasteiger charge is 2.45. The number of nitrogens with one attached hydrogen (secondary N) is 2. The van der Waals surface area contributed by atoms with Crippen LogP contribution in [0, 0.1) is 0 Å². The first-order valence-corrected chi connectivity index (χ1v) is 18.0. The minimum absolute atomic E-state index is 0.0689. The summed E-state index contributed by atoms with van der Waals surface area (Å²) >= 11 is 6.32. The van der Waals surface area contributed by atoms with Crippen LogP contribution in [0.25, 0.3) is 11.2 Å². The van der Waals surface area contributed by atoms with Crippen LogP contribution in [-0.4, -0.2) is 82.4 Å². The molecule has 48 heavy (non-hydrogen) atoms. The molecule has 250 valence electrons. The molecule has 12 nitrogen and oxygen atoms in total. The molecule has 2 N–H and O–H groups in total. The fourth-order valence-electron chi connectivity index (χ4n) is 5.94. The molecule has 0 aliphatic carbocycles. The lowest BCUT2D eigenvalue weighted by molar-refractivity contribution is -0.0215. The van der Waals surface area contributed by atoms with E-state index >= 15 is 0 Å². The lowest BCUT2D eigenvalue weighted by Gasteiger charge is -2.40. The predicted molar refractivity (Wildman–Crippen MR) is 188 cm³/mol. The molecule has 2 aromatic heterocycles. The summed E-state index contributed by atoms with van der Waals surface area (Å²) in [7, 11) is 6.85. The largest absolute Gasteiger partial charge is 0.369 e. The number of hydrogen-bond acceptors (Lipinski definition) is 8. The Labute approximate surface area is 283 Å². The summed E-state index contributed by atoms with van der Waals surface area (Å²) in [5.74, 6) is 0.140. The summed E-state index contributed by atoms with van der Waals surface area (Å²) in [6, 6.07) is 30.3. The van der Waals surface area contributed by atoms with Gasteiger partial charge in [0, 0.05) is 26.6 Å². The number of H-pyrrole nitrogens is 1. The molecule has 3 heterocycles. The van der Waals surface area contributed by atoms with E-state index in [2.05, 4.69) is 61.7 Å². The maximum absolute atomic E-state index is 13.1. The zero-order valence-electron chi connectivity index (χ0n) is 27.1. The Morgan fingerprint density at radius 2 is 1.58 bits per heavy atom. The van der Waals surface area contributed by atoms with Gasteiger partial charge in [0.05, 0.1) is 30.9 Å². The van der Waals surface area contributed by atoms with Crippen molar-refractivity contribution in [2.45, 2.75) is 30.3 Å². The first-order valence-electron chi connectivity index (χ1n) is 15.5. The standard InChI is InChI=1S/C34H38ClN8O4P/c1-41(2)22-37-33-38-31-30(32(44)39-33)36-23-43(31)29-20-27(28(47-29)21-46-48(35,45)42(3)4)40-34(24-14-8-5-9-15-24,25-16-10-6-11-17-25)26-18-12-7-13-19-26/h5-19,22-23,27-29,40H,20-21H2,1-4H3,(H,38,39,44)/b37-22-. The highest BCUT2D eigenvalue weighted by atomic mass is 35.7. The zero-order valence-corrected chi connectivity index (χ0v) is 28.8. The molecule has 0 radical (unpaired) electrons. The molecule has 6 rings (SSSR count). The van der Waals surface area contributed by atoms with Crippen molar-refractivity contribution in [3.8, 4) is 0 Å². The molecule has 0 spiro atoms. The van der Waals surface area contributed by atoms with Crippen LogP contribution in [0.1, 0.15) is 29.3 Å². The molecule has 0 amide bonds. The highest BCUT2D eigenvalue weighted by Crippen LogP contribution is 2.54. The highest BCUT2D eigenvalue weighted by molar-refractivity contribution is 7.83. The number of halogens is 1. The first-order chi connectivity index (χ1) is 23.1. The van der Waals surface area contributed by atoms with Crippen LogP contribution < -0.4 is 10.9 Å². The van der Waals surface area contributed by atoms with Gasteiger partial charge in [0.1, 0.15) is 6.23 Å². The Bertz CT molecular complexity index is 1870. The topological polar surface area (TPSA) is 130 Å². The van der Waals surface area contributed by atoms with Crippen LogP contribution in [0.5, 0.6) is 0 Å². The van der Waals surface area contributed by atoms with Crippen molar-refractivity contribution in [3.05, 3.63) is 124 Å². The van der Waals surface area contributed by atoms with E-state index in [1.807, 2.05) is 68.7 Å². The predicted octanol–water partition coefficient (Wildman–Crippen LogP) is 5.50. The molecular formula is C34H38ClN8O4P. The Hall–Kier alpha value is -4.16. The van der Waals surface area contributed by atoms with Gasteiger partial charge in [0.15, 0.2) is 11.2 Å². The third-order valence-electron chi connectivity index (χ3n) is 8.28. The Balaban J connectivity index is 1.46. The molecule has 1 aliphatic heterocycles. The Morgan fingerprint density at radius 3 is 2.10 bits per heavy atom. The van der Waals surface area contributed by atoms with Crippen LogP contribution >= 0.6 is 18.1 Å². The van der Waals surface area contributed by atoms with Crippen molar-refractivity contribution in [1.82, 2.24) is 34.4 Å². The number of hydrogen-bond donors (Lipinski definition) is 2. The van der Waals surface area contributed by atoms with E-state index in [-0.39, 0.29) is 24.1 Å². The van der Waals surface area contributed by atoms with Crippen LogP contribution in [0.15, 0.2) is 107 Å². The molecule has 1 saturated heterocycles. The fourth-order valence-corrected chi connectivity index (χ4v) is 6.67. The number of imidazole rings is 1. The molecule has 0 bridgehead atoms. The van der Waals surface area contributed by atoms with Crippen molar-refractivity contribution < 1.29 is 13.8 Å². The lowest BCUT2D eigenvalue weighted by Crippen LogP contribution is -2.53. The molecule has 14 heteroatoms. The van der Waals surface area contributed by atoms with Crippen LogP contribution in [0.4, 0.5) is 5.95 Å². The van der Waals surface area contributed by atoms with Gasteiger partial charge < -0.3 is 14.2 Å². The third-order valence-corrected chi connectivity index (χ3v) is 10.9. The number of rotatable bonds is 12. The van der Waals surface area contributed by atoms with Gasteiger partial charge in [0.25, 0.3) is 5.56 Å². The number of nitrogens with zero attached hydrogens (tertiary/aromatic N) is 6. The van der Waals surface area contributed by atoms with Gasteiger partial charge in [-0.1, -0.05) is 91.0 Å². The minimum atomic E-state index is -3.62. The summed E-state index contributed by atoms with van der Waals surface area (Å²) in [6.07, 6.45) is 2.28. The average Bonchev–Trinajstić information content (AvgIpc) is 3.70. The minimum Gasteiger partial charge on any atom is -0.369 e. The molecule has 4 unspecified atom stereocenters. The van der Waals surface area contributed by atoms with Crippen molar-refractivity contribution in [3.63, 3.8) is 0 Å². The fraction of sp³-hybridized carbons (Fsp3) is 0.294. The number of fused-ring (bicyclic) bond motifs is 1. The molecule has 5 aromatic rings. The van der Waals surface area contributed by atoms with Crippen molar-refractivity contribution in [2.24, 2.45) is 4.99 Å². The van der Waals surface area contributed by atoms with Gasteiger partial charge in [-0.15, -0.1) is 0 Å². The number of aromatic nitrogens is 4. The Morgan fingerprint density at radius 1 is 1.02 bits per heavy atom. The summed E-state index contributed by atoms with van der Waals surface area (Å²) in [5.41, 5.74) is 2.31. The van der Waals surface area contributed by atoms with Crippen molar-refractivity contribution in [1.29, 1.82) is 0 Å². The smallest absolute Gasteiger partial charge is 0.362 e. The van der Waals surface area contributed by atoms with E-state index in [0.29, 0.717) is 12.1 Å². The normalized spacial score (nSPS) is 19.7. The van der Waals surface area contributed by atoms with Crippen molar-refractivity contribution >= 4 is 41.6 Å². The van der Waals surface area contributed by atoms with Crippen molar-refractivity contribution in [2.75, 3.05) is 34.8 Å². The number of aliphatic imine (C=N–C) groups is 1. The summed E-state index contributed by atoms with van der Waals surface area (Å²) in [6.45, 7) is -3.68. The second-order valence-electron chi connectivity index (χ2n) is 12.0. The summed E-state index contributed by atoms with van der Waals surface area (Å²) in [4.78, 5) is 30.6. The quantitative estimate of drug-likeness (QED) is 0.0755. The molecular weight excluding hydrogens is 651 g/mol. The molecule has 4 atom stereocenters. The van der Waals surface area contributed by atoms with Gasteiger partial charge in [0.2, 0.25) is 5.95 Å². The second kappa shape index (κ2) is 14.1. The van der Waals surface area contributed by atoms with E-state index in [1.165, 1.54) is 4.67 Å². The number of ether oxygens (including phenoxy) is 1. The molecule has 0 saturated carbocycles. The van der Waals surface area contributed by atoms with Crippen LogP contribution in [-0.2, 0) is 19.4 Å². The van der Waals surface area contributed by atoms with E-state index < -0.39 is 30.3 Å². The average molecular weight is 689 g/mol. The van der Waals surface area contributed by atoms with Gasteiger partial charge in [-0.05, 0) is 42.0 Å². The number of benzene rings is 3. The lowest BCUT2D eigenvalue weighted by atomic mass is 9.76. The summed E-state index contributed by atoms with van der Waals surface area (Å²) < 4.78 is 28.7. The zero-order chi connectivity index (χ0) is 33.9. The molecule has 1 aliphatic rings. The maximum atomic E-state index is 13.1. The SMILES string of the molecule is CN(C)/C=N\c1nc2c(ncn2C2CC(NC(c3ccccc3)(c3ccccc3)c3ccccc3)C(COP(=O)(Cl)N(C)C)O2)c(=O)[nH]1. The van der Waals surface area contributed by atoms with E-state index in [1.54, 1.807) is 36.2 Å². The van der Waals surface area contributed by atoms with E-state index in [9.17, 15) is 9.36 Å². The van der Waals surface area contributed by atoms with Crippen LogP contribution in [0.2, 0.25) is 0 Å². The maximum Gasteiger partial charge on any atom is 0.362 e. The number of aromatic amines is 1. The monoisotopic (exact) mass is 688 g/mol. The third kappa shape index (κ3) is 6.86. The van der Waals surface area contributed by atoms with Gasteiger partial charge in [-0.3, -0.25) is 24.2 Å².